The summed E-state index contributed by atoms with van der Waals surface area (Å²) in [5.41, 5.74) is 2.96. The first-order valence-corrected chi connectivity index (χ1v) is 9.87. The van der Waals surface area contributed by atoms with E-state index in [0.717, 1.165) is 28.1 Å². The van der Waals surface area contributed by atoms with Gasteiger partial charge in [0.25, 0.3) is 0 Å². The third kappa shape index (κ3) is 2.92. The summed E-state index contributed by atoms with van der Waals surface area (Å²) in [6.07, 6.45) is 7.12. The molecule has 1 aliphatic heterocycles. The number of thiophene rings is 1. The van der Waals surface area contributed by atoms with Crippen LogP contribution < -0.4 is 5.32 Å². The Morgan fingerprint density at radius 1 is 1.15 bits per heavy atom. The Labute approximate surface area is 161 Å². The molecule has 0 bridgehead atoms. The molecule has 2 atom stereocenters. The molecule has 0 saturated heterocycles. The van der Waals surface area contributed by atoms with E-state index < -0.39 is 0 Å². The zero-order valence-corrected chi connectivity index (χ0v) is 15.4. The van der Waals surface area contributed by atoms with Crippen molar-refractivity contribution in [1.29, 1.82) is 0 Å². The maximum Gasteiger partial charge on any atom is 0.226 e. The van der Waals surface area contributed by atoms with E-state index in [2.05, 4.69) is 45.8 Å². The predicted molar refractivity (Wildman–Crippen MR) is 106 cm³/mol. The van der Waals surface area contributed by atoms with Crippen LogP contribution in [-0.4, -0.2) is 20.5 Å². The molecule has 2 aromatic heterocycles. The highest BCUT2D eigenvalue weighted by Crippen LogP contribution is 2.42. The van der Waals surface area contributed by atoms with Gasteiger partial charge in [-0.1, -0.05) is 48.6 Å². The lowest BCUT2D eigenvalue weighted by molar-refractivity contribution is -0.117. The fourth-order valence-electron chi connectivity index (χ4n) is 3.84. The minimum atomic E-state index is -0.176. The van der Waals surface area contributed by atoms with Gasteiger partial charge < -0.3 is 5.32 Å². The molecule has 2 aliphatic rings. The molecule has 2 unspecified atom stereocenters. The summed E-state index contributed by atoms with van der Waals surface area (Å²) in [6, 6.07) is 14.1. The number of nitrogens with one attached hydrogen (secondary N) is 1. The molecule has 0 spiro atoms. The van der Waals surface area contributed by atoms with E-state index in [0.29, 0.717) is 12.4 Å². The van der Waals surface area contributed by atoms with Gasteiger partial charge in [-0.25, -0.2) is 4.68 Å². The Morgan fingerprint density at radius 3 is 2.85 bits per heavy atom. The smallest absolute Gasteiger partial charge is 0.226 e. The number of benzene rings is 1. The lowest BCUT2D eigenvalue weighted by atomic mass is 9.81. The van der Waals surface area contributed by atoms with Crippen LogP contribution in [0.2, 0.25) is 0 Å². The molecule has 5 nitrogen and oxygen atoms in total. The summed E-state index contributed by atoms with van der Waals surface area (Å²) >= 11 is 1.65. The number of ketones is 1. The van der Waals surface area contributed by atoms with Crippen LogP contribution in [0.25, 0.3) is 6.08 Å². The van der Waals surface area contributed by atoms with E-state index in [1.165, 1.54) is 0 Å². The number of aromatic nitrogens is 3. The minimum absolute atomic E-state index is 0.176. The number of rotatable bonds is 3. The molecule has 134 valence electrons. The Kier molecular flexibility index (Phi) is 3.98. The van der Waals surface area contributed by atoms with Crippen LogP contribution in [0.1, 0.15) is 29.3 Å². The molecule has 0 fully saturated rings. The third-order valence-electron chi connectivity index (χ3n) is 5.07. The number of allylic oxidation sites excluding steroid dienone is 3. The number of carbonyl (C=O) groups excluding carboxylic acids is 1. The quantitative estimate of drug-likeness (QED) is 0.742. The minimum Gasteiger partial charge on any atom is -0.328 e. The van der Waals surface area contributed by atoms with Crippen LogP contribution in [0.5, 0.6) is 0 Å². The van der Waals surface area contributed by atoms with Crippen LogP contribution in [0.4, 0.5) is 5.95 Å². The van der Waals surface area contributed by atoms with Crippen molar-refractivity contribution in [2.24, 2.45) is 5.92 Å². The molecule has 0 amide bonds. The summed E-state index contributed by atoms with van der Waals surface area (Å²) < 4.78 is 1.82. The zero-order chi connectivity index (χ0) is 18.2. The molecule has 1 aliphatic carbocycles. The number of carbonyl (C=O) groups is 1. The maximum absolute atomic E-state index is 13.1. The van der Waals surface area contributed by atoms with Gasteiger partial charge in [0, 0.05) is 22.6 Å². The Balaban J connectivity index is 1.49. The summed E-state index contributed by atoms with van der Waals surface area (Å²) in [4.78, 5) is 18.5. The van der Waals surface area contributed by atoms with Gasteiger partial charge in [0.2, 0.25) is 5.95 Å². The van der Waals surface area contributed by atoms with Gasteiger partial charge in [0.1, 0.15) is 12.4 Å². The summed E-state index contributed by atoms with van der Waals surface area (Å²) in [5, 5.41) is 9.75. The van der Waals surface area contributed by atoms with Crippen molar-refractivity contribution >= 4 is 29.1 Å². The van der Waals surface area contributed by atoms with Gasteiger partial charge in [0.05, 0.1) is 0 Å². The molecule has 1 aromatic carbocycles. The van der Waals surface area contributed by atoms with Gasteiger partial charge in [0.15, 0.2) is 5.78 Å². The third-order valence-corrected chi connectivity index (χ3v) is 5.99. The number of fused-ring (bicyclic) bond motifs is 1. The summed E-state index contributed by atoms with van der Waals surface area (Å²) in [5.74, 6) is 1.07. The van der Waals surface area contributed by atoms with Crippen molar-refractivity contribution in [2.45, 2.75) is 18.9 Å². The van der Waals surface area contributed by atoms with Gasteiger partial charge in [-0.15, -0.1) is 11.3 Å². The highest BCUT2D eigenvalue weighted by Gasteiger charge is 2.38. The van der Waals surface area contributed by atoms with Crippen molar-refractivity contribution in [3.05, 3.63) is 82.0 Å². The van der Waals surface area contributed by atoms with Crippen molar-refractivity contribution < 1.29 is 4.79 Å². The lowest BCUT2D eigenvalue weighted by Gasteiger charge is -2.33. The lowest BCUT2D eigenvalue weighted by Crippen LogP contribution is -2.33. The van der Waals surface area contributed by atoms with Gasteiger partial charge in [-0.3, -0.25) is 4.79 Å². The summed E-state index contributed by atoms with van der Waals surface area (Å²) in [6.45, 7) is 0. The first-order chi connectivity index (χ1) is 13.3. The molecular weight excluding hydrogens is 356 g/mol. The number of Topliss-reactive ketones (excluding diaryl/α,β-unsaturated/α-hetero) is 1. The molecule has 1 N–H and O–H groups in total. The molecule has 27 heavy (non-hydrogen) atoms. The van der Waals surface area contributed by atoms with E-state index in [4.69, 9.17) is 0 Å². The number of hydrogen-bond donors (Lipinski definition) is 1. The predicted octanol–water partition coefficient (Wildman–Crippen LogP) is 4.30. The largest absolute Gasteiger partial charge is 0.328 e. The van der Waals surface area contributed by atoms with Gasteiger partial charge in [-0.2, -0.15) is 10.1 Å². The SMILES string of the molecule is O=C1CC(/C=C/c2ccccc2)CC2=C1C(c1cccs1)n1ncnc1N2. The Hall–Kier alpha value is -2.99. The first kappa shape index (κ1) is 16.2. The number of nitrogens with zero attached hydrogens (tertiary/aromatic N) is 3. The Bertz CT molecular complexity index is 1030. The second-order valence-electron chi connectivity index (χ2n) is 6.82. The average molecular weight is 374 g/mol. The van der Waals surface area contributed by atoms with E-state index in [9.17, 15) is 4.79 Å². The monoisotopic (exact) mass is 374 g/mol. The molecule has 3 aromatic rings. The van der Waals surface area contributed by atoms with Crippen LogP contribution in [-0.2, 0) is 4.79 Å². The van der Waals surface area contributed by atoms with E-state index >= 15 is 0 Å². The first-order valence-electron chi connectivity index (χ1n) is 8.99. The topological polar surface area (TPSA) is 59.8 Å². The number of hydrogen-bond acceptors (Lipinski definition) is 5. The zero-order valence-electron chi connectivity index (χ0n) is 14.6. The van der Waals surface area contributed by atoms with E-state index in [-0.39, 0.29) is 17.7 Å². The number of anilines is 1. The highest BCUT2D eigenvalue weighted by atomic mass is 32.1. The molecule has 0 saturated carbocycles. The normalized spacial score (nSPS) is 21.9. The second kappa shape index (κ2) is 6.63. The maximum atomic E-state index is 13.1. The van der Waals surface area contributed by atoms with Gasteiger partial charge >= 0.3 is 0 Å². The van der Waals surface area contributed by atoms with Crippen molar-refractivity contribution in [3.63, 3.8) is 0 Å². The molecule has 0 radical (unpaired) electrons. The Morgan fingerprint density at radius 2 is 2.04 bits per heavy atom. The molecule has 5 rings (SSSR count). The highest BCUT2D eigenvalue weighted by molar-refractivity contribution is 7.10. The molecular formula is C21H18N4OS. The van der Waals surface area contributed by atoms with Crippen molar-refractivity contribution in [1.82, 2.24) is 14.8 Å². The van der Waals surface area contributed by atoms with E-state index in [1.54, 1.807) is 17.7 Å². The summed E-state index contributed by atoms with van der Waals surface area (Å²) in [7, 11) is 0. The van der Waals surface area contributed by atoms with Crippen LogP contribution in [0, 0.1) is 5.92 Å². The molecule has 6 heteroatoms. The van der Waals surface area contributed by atoms with E-state index in [1.807, 2.05) is 34.3 Å². The van der Waals surface area contributed by atoms with Crippen LogP contribution in [0.15, 0.2) is 71.5 Å². The van der Waals surface area contributed by atoms with Crippen molar-refractivity contribution in [2.75, 3.05) is 5.32 Å². The van der Waals surface area contributed by atoms with Crippen LogP contribution in [0.3, 0.4) is 0 Å². The average Bonchev–Trinajstić information content (AvgIpc) is 3.37. The fourth-order valence-corrected chi connectivity index (χ4v) is 4.66. The fraction of sp³-hybridized carbons (Fsp3) is 0.190. The van der Waals surface area contributed by atoms with Crippen molar-refractivity contribution in [3.8, 4) is 0 Å². The second-order valence-corrected chi connectivity index (χ2v) is 7.80. The van der Waals surface area contributed by atoms with Crippen LogP contribution >= 0.6 is 11.3 Å². The standard InChI is InChI=1S/C21H18N4OS/c26-17-12-15(9-8-14-5-2-1-3-6-14)11-16-19(17)20(18-7-4-10-27-18)25-21(24-16)22-13-23-25/h1-10,13,15,20H,11-12H2,(H,22,23,24)/b9-8+. The van der Waals surface area contributed by atoms with Gasteiger partial charge in [-0.05, 0) is 29.3 Å². The molecule has 3 heterocycles.